The van der Waals surface area contributed by atoms with Crippen LogP contribution in [0.3, 0.4) is 0 Å². The van der Waals surface area contributed by atoms with Crippen LogP contribution in [-0.2, 0) is 9.53 Å². The number of ketones is 1. The number of nitrogens with one attached hydrogen (secondary N) is 1. The number of carbonyl (C=O) groups excluding carboxylic acids is 2. The number of benzene rings is 2. The van der Waals surface area contributed by atoms with Crippen molar-refractivity contribution in [3.63, 3.8) is 0 Å². The van der Waals surface area contributed by atoms with E-state index in [2.05, 4.69) is 5.32 Å². The molecular formula is C18H19NO4. The summed E-state index contributed by atoms with van der Waals surface area (Å²) in [6, 6.07) is 14.5. The van der Waals surface area contributed by atoms with Crippen molar-refractivity contribution in [3.05, 3.63) is 60.2 Å². The van der Waals surface area contributed by atoms with Gasteiger partial charge in [0.15, 0.2) is 11.8 Å². The number of rotatable bonds is 7. The predicted octanol–water partition coefficient (Wildman–Crippen LogP) is 2.92. The van der Waals surface area contributed by atoms with E-state index in [1.165, 1.54) is 0 Å². The molecule has 1 atom stereocenters. The lowest BCUT2D eigenvalue weighted by Gasteiger charge is -2.17. The highest BCUT2D eigenvalue weighted by molar-refractivity contribution is 6.13. The van der Waals surface area contributed by atoms with Crippen molar-refractivity contribution in [2.75, 3.05) is 19.0 Å². The van der Waals surface area contributed by atoms with Crippen LogP contribution in [0, 0.1) is 0 Å². The first kappa shape index (κ1) is 16.5. The van der Waals surface area contributed by atoms with Crippen LogP contribution < -0.4 is 10.1 Å². The molecule has 2 aromatic carbocycles. The Balaban J connectivity index is 2.23. The second-order valence-electron chi connectivity index (χ2n) is 4.79. The zero-order valence-electron chi connectivity index (χ0n) is 13.1. The summed E-state index contributed by atoms with van der Waals surface area (Å²) in [5.74, 6) is -0.241. The molecule has 0 saturated heterocycles. The minimum atomic E-state index is -1.09. The van der Waals surface area contributed by atoms with E-state index in [1.54, 1.807) is 62.6 Å². The van der Waals surface area contributed by atoms with Gasteiger partial charge in [0, 0.05) is 11.3 Å². The minimum Gasteiger partial charge on any atom is -0.497 e. The Morgan fingerprint density at radius 1 is 1.04 bits per heavy atom. The van der Waals surface area contributed by atoms with Gasteiger partial charge in [0.1, 0.15) is 5.75 Å². The Labute approximate surface area is 135 Å². The van der Waals surface area contributed by atoms with Crippen molar-refractivity contribution in [3.8, 4) is 5.75 Å². The van der Waals surface area contributed by atoms with Crippen molar-refractivity contribution < 1.29 is 19.1 Å². The molecule has 0 saturated carbocycles. The van der Waals surface area contributed by atoms with E-state index in [0.29, 0.717) is 17.0 Å². The summed E-state index contributed by atoms with van der Waals surface area (Å²) in [5.41, 5.74) is 1.08. The van der Waals surface area contributed by atoms with Gasteiger partial charge in [-0.2, -0.15) is 0 Å². The molecule has 120 valence electrons. The van der Waals surface area contributed by atoms with Gasteiger partial charge in [-0.1, -0.05) is 30.3 Å². The monoisotopic (exact) mass is 313 g/mol. The molecule has 23 heavy (non-hydrogen) atoms. The van der Waals surface area contributed by atoms with Crippen molar-refractivity contribution in [1.82, 2.24) is 0 Å². The summed E-state index contributed by atoms with van der Waals surface area (Å²) in [4.78, 5) is 24.8. The molecule has 5 heteroatoms. The molecule has 0 bridgehead atoms. The van der Waals surface area contributed by atoms with E-state index in [1.807, 2.05) is 6.07 Å². The van der Waals surface area contributed by atoms with Gasteiger partial charge in [0.2, 0.25) is 0 Å². The van der Waals surface area contributed by atoms with Crippen LogP contribution in [-0.4, -0.2) is 31.5 Å². The first-order valence-corrected chi connectivity index (χ1v) is 7.32. The second kappa shape index (κ2) is 7.98. The molecule has 0 aliphatic heterocycles. The Kier molecular flexibility index (Phi) is 5.74. The molecule has 1 N–H and O–H groups in total. The molecule has 2 rings (SSSR count). The molecular weight excluding hydrogens is 294 g/mol. The number of ether oxygens (including phenoxy) is 2. The van der Waals surface area contributed by atoms with E-state index in [0.717, 1.165) is 0 Å². The normalized spacial score (nSPS) is 11.4. The van der Waals surface area contributed by atoms with Gasteiger partial charge in [-0.05, 0) is 31.2 Å². The number of hydrogen-bond donors (Lipinski definition) is 1. The summed E-state index contributed by atoms with van der Waals surface area (Å²) < 4.78 is 10.1. The lowest BCUT2D eigenvalue weighted by molar-refractivity contribution is -0.142. The average Bonchev–Trinajstić information content (AvgIpc) is 2.60. The minimum absolute atomic E-state index is 0.210. The van der Waals surface area contributed by atoms with Crippen molar-refractivity contribution in [2.45, 2.75) is 13.0 Å². The van der Waals surface area contributed by atoms with Crippen LogP contribution in [0.1, 0.15) is 17.3 Å². The second-order valence-corrected chi connectivity index (χ2v) is 4.79. The fourth-order valence-corrected chi connectivity index (χ4v) is 2.08. The summed E-state index contributed by atoms with van der Waals surface area (Å²) in [6.07, 6.45) is 0. The highest BCUT2D eigenvalue weighted by Crippen LogP contribution is 2.17. The third-order valence-electron chi connectivity index (χ3n) is 3.24. The topological polar surface area (TPSA) is 64.6 Å². The fourth-order valence-electron chi connectivity index (χ4n) is 2.08. The van der Waals surface area contributed by atoms with Gasteiger partial charge in [-0.25, -0.2) is 4.79 Å². The zero-order valence-corrected chi connectivity index (χ0v) is 13.1. The quantitative estimate of drug-likeness (QED) is 0.484. The molecule has 2 aromatic rings. The molecule has 0 aromatic heterocycles. The highest BCUT2D eigenvalue weighted by Gasteiger charge is 2.28. The third-order valence-corrected chi connectivity index (χ3v) is 3.24. The van der Waals surface area contributed by atoms with Gasteiger partial charge in [0.25, 0.3) is 0 Å². The molecule has 0 heterocycles. The van der Waals surface area contributed by atoms with Crippen LogP contribution in [0.2, 0.25) is 0 Å². The molecule has 0 fully saturated rings. The first-order chi connectivity index (χ1) is 11.2. The largest absolute Gasteiger partial charge is 0.497 e. The molecule has 5 nitrogen and oxygen atoms in total. The van der Waals surface area contributed by atoms with E-state index in [4.69, 9.17) is 9.47 Å². The number of anilines is 1. The molecule has 0 spiro atoms. The number of Topliss-reactive ketones (excluding diaryl/α,β-unsaturated/α-hetero) is 1. The molecule has 0 radical (unpaired) electrons. The third kappa shape index (κ3) is 4.32. The Bertz CT molecular complexity index is 652. The molecule has 0 amide bonds. The lowest BCUT2D eigenvalue weighted by atomic mass is 10.0. The van der Waals surface area contributed by atoms with E-state index >= 15 is 0 Å². The van der Waals surface area contributed by atoms with E-state index in [9.17, 15) is 9.59 Å². The summed E-state index contributed by atoms with van der Waals surface area (Å²) in [7, 11) is 1.57. The number of esters is 1. The van der Waals surface area contributed by atoms with Crippen LogP contribution in [0.4, 0.5) is 5.69 Å². The van der Waals surface area contributed by atoms with Gasteiger partial charge in [-0.3, -0.25) is 4.79 Å². The maximum absolute atomic E-state index is 12.6. The van der Waals surface area contributed by atoms with Crippen LogP contribution in [0.25, 0.3) is 0 Å². The van der Waals surface area contributed by atoms with E-state index < -0.39 is 12.0 Å². The number of carbonyl (C=O) groups is 2. The Morgan fingerprint density at radius 2 is 1.70 bits per heavy atom. The van der Waals surface area contributed by atoms with Crippen molar-refractivity contribution in [1.29, 1.82) is 0 Å². The van der Waals surface area contributed by atoms with Gasteiger partial charge in [-0.15, -0.1) is 0 Å². The van der Waals surface area contributed by atoms with E-state index in [-0.39, 0.29) is 12.4 Å². The summed E-state index contributed by atoms with van der Waals surface area (Å²) in [6.45, 7) is 1.91. The highest BCUT2D eigenvalue weighted by atomic mass is 16.5. The Hall–Kier alpha value is -2.82. The summed E-state index contributed by atoms with van der Waals surface area (Å²) in [5, 5.41) is 2.93. The van der Waals surface area contributed by atoms with Crippen LogP contribution in [0.15, 0.2) is 54.6 Å². The standard InChI is InChI=1S/C18H19NO4/c1-3-23-18(21)16(17(20)13-7-5-4-6-8-13)19-14-9-11-15(22-2)12-10-14/h4-12,16,19H,3H2,1-2H3/t16-/m0/s1. The van der Waals surface area contributed by atoms with Gasteiger partial charge < -0.3 is 14.8 Å². The van der Waals surface area contributed by atoms with Crippen LogP contribution >= 0.6 is 0 Å². The molecule has 0 unspecified atom stereocenters. The van der Waals surface area contributed by atoms with Gasteiger partial charge in [0.05, 0.1) is 13.7 Å². The predicted molar refractivity (Wildman–Crippen MR) is 87.8 cm³/mol. The maximum Gasteiger partial charge on any atom is 0.336 e. The first-order valence-electron chi connectivity index (χ1n) is 7.32. The lowest BCUT2D eigenvalue weighted by Crippen LogP contribution is -2.39. The maximum atomic E-state index is 12.6. The smallest absolute Gasteiger partial charge is 0.336 e. The molecule has 0 aliphatic carbocycles. The fraction of sp³-hybridized carbons (Fsp3) is 0.222. The number of hydrogen-bond acceptors (Lipinski definition) is 5. The van der Waals surface area contributed by atoms with Crippen molar-refractivity contribution >= 4 is 17.4 Å². The average molecular weight is 313 g/mol. The van der Waals surface area contributed by atoms with Crippen LogP contribution in [0.5, 0.6) is 5.75 Å². The zero-order chi connectivity index (χ0) is 16.7. The number of methoxy groups -OCH3 is 1. The Morgan fingerprint density at radius 3 is 2.26 bits per heavy atom. The summed E-state index contributed by atoms with van der Waals surface area (Å²) >= 11 is 0. The van der Waals surface area contributed by atoms with Gasteiger partial charge >= 0.3 is 5.97 Å². The SMILES string of the molecule is CCOC(=O)[C@@H](Nc1ccc(OC)cc1)C(=O)c1ccccc1. The van der Waals surface area contributed by atoms with Crippen molar-refractivity contribution in [2.24, 2.45) is 0 Å². The molecule has 0 aliphatic rings.